The third kappa shape index (κ3) is 4.08. The molecule has 2 heterocycles. The highest BCUT2D eigenvalue weighted by molar-refractivity contribution is 5.75. The van der Waals surface area contributed by atoms with Crippen LogP contribution in [-0.2, 0) is 17.9 Å². The molecule has 1 aliphatic heterocycles. The van der Waals surface area contributed by atoms with Gasteiger partial charge in [0.15, 0.2) is 0 Å². The summed E-state index contributed by atoms with van der Waals surface area (Å²) in [4.78, 5) is 13.8. The lowest BCUT2D eigenvalue weighted by Crippen LogP contribution is -2.50. The van der Waals surface area contributed by atoms with Gasteiger partial charge in [-0.3, -0.25) is 4.79 Å². The van der Waals surface area contributed by atoms with Gasteiger partial charge in [-0.1, -0.05) is 20.3 Å². The van der Waals surface area contributed by atoms with Crippen LogP contribution in [0.3, 0.4) is 0 Å². The Morgan fingerprint density at radius 3 is 2.81 bits per heavy atom. The fourth-order valence-corrected chi connectivity index (χ4v) is 3.00. The summed E-state index contributed by atoms with van der Waals surface area (Å²) < 4.78 is 5.49. The molecule has 0 radical (unpaired) electrons. The standard InChI is InChI=1S/C16H26N2O3/c1-3-12-10-18(16(20)4-2)8-7-15(12)17-9-13-5-6-14(11-19)21-13/h5-6,12,15,17,19H,3-4,7-11H2,1-2H3/t12-,15-/m0/s1. The molecule has 5 nitrogen and oxygen atoms in total. The minimum Gasteiger partial charge on any atom is -0.462 e. The number of amides is 1. The highest BCUT2D eigenvalue weighted by Gasteiger charge is 2.29. The van der Waals surface area contributed by atoms with Gasteiger partial charge in [-0.05, 0) is 24.5 Å². The van der Waals surface area contributed by atoms with Gasteiger partial charge in [0.25, 0.3) is 0 Å². The maximum absolute atomic E-state index is 11.8. The van der Waals surface area contributed by atoms with E-state index in [1.807, 2.05) is 17.9 Å². The number of aliphatic hydroxyl groups excluding tert-OH is 1. The zero-order chi connectivity index (χ0) is 15.2. The Labute approximate surface area is 126 Å². The van der Waals surface area contributed by atoms with Gasteiger partial charge in [-0.15, -0.1) is 0 Å². The van der Waals surface area contributed by atoms with Crippen LogP contribution < -0.4 is 5.32 Å². The van der Waals surface area contributed by atoms with Gasteiger partial charge in [0.2, 0.25) is 5.91 Å². The lowest BCUT2D eigenvalue weighted by molar-refractivity contribution is -0.133. The molecule has 1 fully saturated rings. The maximum Gasteiger partial charge on any atom is 0.222 e. The van der Waals surface area contributed by atoms with E-state index in [9.17, 15) is 4.79 Å². The molecule has 1 aliphatic rings. The summed E-state index contributed by atoms with van der Waals surface area (Å²) >= 11 is 0. The van der Waals surface area contributed by atoms with E-state index >= 15 is 0 Å². The molecule has 2 rings (SSSR count). The van der Waals surface area contributed by atoms with Crippen LogP contribution in [0.25, 0.3) is 0 Å². The van der Waals surface area contributed by atoms with Gasteiger partial charge in [-0.25, -0.2) is 0 Å². The molecule has 0 saturated carbocycles. The van der Waals surface area contributed by atoms with Crippen molar-refractivity contribution in [2.75, 3.05) is 13.1 Å². The van der Waals surface area contributed by atoms with E-state index in [-0.39, 0.29) is 12.5 Å². The van der Waals surface area contributed by atoms with E-state index < -0.39 is 0 Å². The predicted octanol–water partition coefficient (Wildman–Crippen LogP) is 1.90. The number of carbonyl (C=O) groups is 1. The van der Waals surface area contributed by atoms with Gasteiger partial charge in [-0.2, -0.15) is 0 Å². The Morgan fingerprint density at radius 1 is 1.43 bits per heavy atom. The second-order valence-corrected chi connectivity index (χ2v) is 5.66. The molecular formula is C16H26N2O3. The molecule has 0 aromatic carbocycles. The average molecular weight is 294 g/mol. The summed E-state index contributed by atoms with van der Waals surface area (Å²) in [5.74, 6) is 2.19. The molecular weight excluding hydrogens is 268 g/mol. The monoisotopic (exact) mass is 294 g/mol. The fourth-order valence-electron chi connectivity index (χ4n) is 3.00. The minimum atomic E-state index is -0.0604. The SMILES string of the molecule is CCC(=O)N1CC[C@H](NCc2ccc(CO)o2)[C@@H](CC)C1. The number of hydrogen-bond acceptors (Lipinski definition) is 4. The van der Waals surface area contributed by atoms with Gasteiger partial charge >= 0.3 is 0 Å². The molecule has 0 unspecified atom stereocenters. The number of furan rings is 1. The average Bonchev–Trinajstić information content (AvgIpc) is 3.00. The Hall–Kier alpha value is -1.33. The van der Waals surface area contributed by atoms with E-state index in [0.29, 0.717) is 30.7 Å². The first-order valence-electron chi connectivity index (χ1n) is 7.87. The van der Waals surface area contributed by atoms with Crippen LogP contribution in [-0.4, -0.2) is 35.0 Å². The third-order valence-electron chi connectivity index (χ3n) is 4.33. The molecule has 1 saturated heterocycles. The predicted molar refractivity (Wildman–Crippen MR) is 80.5 cm³/mol. The molecule has 0 spiro atoms. The van der Waals surface area contributed by atoms with Crippen LogP contribution in [0.1, 0.15) is 44.6 Å². The maximum atomic E-state index is 11.8. The highest BCUT2D eigenvalue weighted by atomic mass is 16.4. The van der Waals surface area contributed by atoms with E-state index in [1.165, 1.54) is 0 Å². The van der Waals surface area contributed by atoms with Crippen LogP contribution in [0.5, 0.6) is 0 Å². The minimum absolute atomic E-state index is 0.0604. The second-order valence-electron chi connectivity index (χ2n) is 5.66. The quantitative estimate of drug-likeness (QED) is 0.841. The molecule has 1 aromatic heterocycles. The summed E-state index contributed by atoms with van der Waals surface area (Å²) in [5.41, 5.74) is 0. The molecule has 2 N–H and O–H groups in total. The molecule has 21 heavy (non-hydrogen) atoms. The Bertz CT molecular complexity index is 458. The Morgan fingerprint density at radius 2 is 2.19 bits per heavy atom. The van der Waals surface area contributed by atoms with Gasteiger partial charge in [0.1, 0.15) is 18.1 Å². The summed E-state index contributed by atoms with van der Waals surface area (Å²) in [5, 5.41) is 12.5. The number of likely N-dealkylation sites (tertiary alicyclic amines) is 1. The lowest BCUT2D eigenvalue weighted by atomic mass is 9.89. The molecule has 5 heteroatoms. The highest BCUT2D eigenvalue weighted by Crippen LogP contribution is 2.21. The van der Waals surface area contributed by atoms with Gasteiger partial charge < -0.3 is 19.7 Å². The number of carbonyl (C=O) groups excluding carboxylic acids is 1. The van der Waals surface area contributed by atoms with Crippen molar-refractivity contribution in [3.05, 3.63) is 23.7 Å². The summed E-state index contributed by atoms with van der Waals surface area (Å²) in [6.45, 7) is 6.39. The first kappa shape index (κ1) is 16.0. The zero-order valence-electron chi connectivity index (χ0n) is 13.0. The smallest absolute Gasteiger partial charge is 0.222 e. The lowest BCUT2D eigenvalue weighted by Gasteiger charge is -2.38. The van der Waals surface area contributed by atoms with Crippen molar-refractivity contribution in [2.24, 2.45) is 5.92 Å². The molecule has 0 aliphatic carbocycles. The van der Waals surface area contributed by atoms with Crippen molar-refractivity contribution >= 4 is 5.91 Å². The summed E-state index contributed by atoms with van der Waals surface area (Å²) in [6.07, 6.45) is 2.63. The largest absolute Gasteiger partial charge is 0.462 e. The fraction of sp³-hybridized carbons (Fsp3) is 0.688. The van der Waals surface area contributed by atoms with Crippen molar-refractivity contribution in [2.45, 2.75) is 52.3 Å². The first-order chi connectivity index (χ1) is 10.2. The molecule has 1 aromatic rings. The van der Waals surface area contributed by atoms with Gasteiger partial charge in [0, 0.05) is 25.6 Å². The van der Waals surface area contributed by atoms with Crippen molar-refractivity contribution < 1.29 is 14.3 Å². The first-order valence-corrected chi connectivity index (χ1v) is 7.87. The molecule has 1 amide bonds. The third-order valence-corrected chi connectivity index (χ3v) is 4.33. The molecule has 118 valence electrons. The zero-order valence-corrected chi connectivity index (χ0v) is 13.0. The second kappa shape index (κ2) is 7.61. The summed E-state index contributed by atoms with van der Waals surface area (Å²) in [6, 6.07) is 4.12. The van der Waals surface area contributed by atoms with E-state index in [1.54, 1.807) is 6.07 Å². The number of nitrogens with one attached hydrogen (secondary N) is 1. The van der Waals surface area contributed by atoms with Crippen LogP contribution in [0.15, 0.2) is 16.5 Å². The Kier molecular flexibility index (Phi) is 5.82. The molecule has 0 bridgehead atoms. The van der Waals surface area contributed by atoms with Crippen molar-refractivity contribution in [3.63, 3.8) is 0 Å². The number of rotatable bonds is 6. The number of piperidine rings is 1. The summed E-state index contributed by atoms with van der Waals surface area (Å²) in [7, 11) is 0. The van der Waals surface area contributed by atoms with E-state index in [2.05, 4.69) is 12.2 Å². The van der Waals surface area contributed by atoms with Crippen molar-refractivity contribution in [3.8, 4) is 0 Å². The van der Waals surface area contributed by atoms with Crippen molar-refractivity contribution in [1.29, 1.82) is 0 Å². The number of hydrogen-bond donors (Lipinski definition) is 2. The Balaban J connectivity index is 1.86. The van der Waals surface area contributed by atoms with E-state index in [0.717, 1.165) is 31.7 Å². The van der Waals surface area contributed by atoms with Gasteiger partial charge in [0.05, 0.1) is 6.54 Å². The van der Waals surface area contributed by atoms with E-state index in [4.69, 9.17) is 9.52 Å². The normalized spacial score (nSPS) is 22.5. The number of aliphatic hydroxyl groups is 1. The van der Waals surface area contributed by atoms with Crippen LogP contribution in [0.2, 0.25) is 0 Å². The number of nitrogens with zero attached hydrogens (tertiary/aromatic N) is 1. The topological polar surface area (TPSA) is 65.7 Å². The van der Waals surface area contributed by atoms with Crippen LogP contribution >= 0.6 is 0 Å². The van der Waals surface area contributed by atoms with Crippen LogP contribution in [0.4, 0.5) is 0 Å². The molecule has 2 atom stereocenters. The van der Waals surface area contributed by atoms with Crippen LogP contribution in [0, 0.1) is 5.92 Å². The van der Waals surface area contributed by atoms with Crippen molar-refractivity contribution in [1.82, 2.24) is 10.2 Å².